The van der Waals surface area contributed by atoms with Gasteiger partial charge in [-0.15, -0.1) is 0 Å². The van der Waals surface area contributed by atoms with E-state index in [1.54, 1.807) is 0 Å². The molecule has 0 atom stereocenters. The molecule has 1 aromatic heterocycles. The van der Waals surface area contributed by atoms with Crippen LogP contribution in [0.2, 0.25) is 0 Å². The van der Waals surface area contributed by atoms with Crippen LogP contribution in [0.15, 0.2) is 0 Å². The first-order chi connectivity index (χ1) is 7.45. The molecular formula is C8H8F3N3O2. The molecule has 2 rings (SSSR count). The summed E-state index contributed by atoms with van der Waals surface area (Å²) >= 11 is 0. The maximum absolute atomic E-state index is 12.6. The number of nitrogens with one attached hydrogen (secondary N) is 1. The molecule has 2 N–H and O–H groups in total. The van der Waals surface area contributed by atoms with Gasteiger partial charge in [0.25, 0.3) is 5.91 Å². The molecule has 1 amide bonds. The molecule has 0 aromatic carbocycles. The van der Waals surface area contributed by atoms with Crippen molar-refractivity contribution in [2.45, 2.75) is 19.3 Å². The molecule has 1 aromatic rings. The van der Waals surface area contributed by atoms with E-state index < -0.39 is 24.5 Å². The van der Waals surface area contributed by atoms with E-state index in [1.807, 2.05) is 0 Å². The Morgan fingerprint density at radius 2 is 2.19 bits per heavy atom. The van der Waals surface area contributed by atoms with Gasteiger partial charge in [0.2, 0.25) is 0 Å². The third kappa shape index (κ3) is 1.54. The van der Waals surface area contributed by atoms with E-state index in [0.717, 1.165) is 0 Å². The van der Waals surface area contributed by atoms with Crippen LogP contribution in [0.3, 0.4) is 0 Å². The summed E-state index contributed by atoms with van der Waals surface area (Å²) in [6, 6.07) is 0. The number of aliphatic hydroxyl groups excluding tert-OH is 1. The van der Waals surface area contributed by atoms with Gasteiger partial charge in [0.1, 0.15) is 12.4 Å². The number of alkyl halides is 3. The molecule has 0 spiro atoms. The summed E-state index contributed by atoms with van der Waals surface area (Å²) in [4.78, 5) is 11.4. The minimum Gasteiger partial charge on any atom is -0.374 e. The van der Waals surface area contributed by atoms with Gasteiger partial charge in [0.05, 0.1) is 0 Å². The number of nitrogens with zero attached hydrogens (tertiary/aromatic N) is 2. The molecule has 5 nitrogen and oxygen atoms in total. The number of hydrogen-bond acceptors (Lipinski definition) is 3. The fourth-order valence-electron chi connectivity index (χ4n) is 1.70. The van der Waals surface area contributed by atoms with Crippen molar-refractivity contribution in [2.75, 3.05) is 6.54 Å². The molecule has 88 valence electrons. The van der Waals surface area contributed by atoms with Crippen molar-refractivity contribution in [3.05, 3.63) is 17.0 Å². The van der Waals surface area contributed by atoms with Crippen molar-refractivity contribution in [3.63, 3.8) is 0 Å². The molecule has 1 aliphatic heterocycles. The Morgan fingerprint density at radius 1 is 1.50 bits per heavy atom. The van der Waals surface area contributed by atoms with Crippen LogP contribution in [0.25, 0.3) is 0 Å². The first-order valence-electron chi connectivity index (χ1n) is 4.51. The lowest BCUT2D eigenvalue weighted by atomic mass is 10.1. The van der Waals surface area contributed by atoms with Gasteiger partial charge in [0, 0.05) is 12.1 Å². The third-order valence-electron chi connectivity index (χ3n) is 2.33. The molecule has 16 heavy (non-hydrogen) atoms. The number of hydrogen-bond donors (Lipinski definition) is 2. The highest BCUT2D eigenvalue weighted by Gasteiger charge is 2.41. The predicted molar refractivity (Wildman–Crippen MR) is 45.5 cm³/mol. The Balaban J connectivity index is 2.62. The number of carbonyl (C=O) groups excluding carboxylic acids is 1. The van der Waals surface area contributed by atoms with E-state index in [-0.39, 0.29) is 24.2 Å². The Hall–Kier alpha value is -1.57. The minimum atomic E-state index is -4.61. The monoisotopic (exact) mass is 235 g/mol. The topological polar surface area (TPSA) is 67.2 Å². The van der Waals surface area contributed by atoms with E-state index in [4.69, 9.17) is 5.11 Å². The van der Waals surface area contributed by atoms with Crippen molar-refractivity contribution < 1.29 is 23.1 Å². The highest BCUT2D eigenvalue weighted by Crippen LogP contribution is 2.33. The van der Waals surface area contributed by atoms with Gasteiger partial charge >= 0.3 is 6.18 Å². The number of rotatable bonds is 1. The molecule has 0 bridgehead atoms. The van der Waals surface area contributed by atoms with Crippen molar-refractivity contribution in [3.8, 4) is 0 Å². The number of aromatic nitrogens is 2. The second-order valence-electron chi connectivity index (χ2n) is 3.32. The van der Waals surface area contributed by atoms with Crippen LogP contribution in [0, 0.1) is 0 Å². The smallest absolute Gasteiger partial charge is 0.374 e. The van der Waals surface area contributed by atoms with Gasteiger partial charge < -0.3 is 10.4 Å². The fourth-order valence-corrected chi connectivity index (χ4v) is 1.70. The van der Waals surface area contributed by atoms with Gasteiger partial charge in [-0.05, 0) is 6.42 Å². The number of fused-ring (bicyclic) bond motifs is 1. The Morgan fingerprint density at radius 3 is 2.75 bits per heavy atom. The first-order valence-corrected chi connectivity index (χ1v) is 4.51. The van der Waals surface area contributed by atoms with E-state index >= 15 is 0 Å². The second kappa shape index (κ2) is 3.48. The Bertz CT molecular complexity index is 438. The van der Waals surface area contributed by atoms with Crippen LogP contribution in [-0.2, 0) is 19.3 Å². The molecule has 0 radical (unpaired) electrons. The fraction of sp³-hybridized carbons (Fsp3) is 0.500. The van der Waals surface area contributed by atoms with Gasteiger partial charge in [-0.2, -0.15) is 18.3 Å². The largest absolute Gasteiger partial charge is 0.435 e. The molecule has 0 aliphatic carbocycles. The van der Waals surface area contributed by atoms with Crippen molar-refractivity contribution in [1.29, 1.82) is 0 Å². The summed E-state index contributed by atoms with van der Waals surface area (Å²) in [5, 5.41) is 14.5. The van der Waals surface area contributed by atoms with Gasteiger partial charge in [-0.25, -0.2) is 4.68 Å². The van der Waals surface area contributed by atoms with Gasteiger partial charge in [0.15, 0.2) is 5.69 Å². The van der Waals surface area contributed by atoms with Crippen LogP contribution < -0.4 is 5.32 Å². The third-order valence-corrected chi connectivity index (χ3v) is 2.33. The summed E-state index contributed by atoms with van der Waals surface area (Å²) < 4.78 is 38.3. The number of carbonyl (C=O) groups is 1. The summed E-state index contributed by atoms with van der Waals surface area (Å²) in [6.07, 6.45) is -4.54. The van der Waals surface area contributed by atoms with Crippen LogP contribution in [0.4, 0.5) is 13.2 Å². The van der Waals surface area contributed by atoms with Crippen molar-refractivity contribution in [2.24, 2.45) is 0 Å². The van der Waals surface area contributed by atoms with Crippen LogP contribution in [0.1, 0.15) is 21.7 Å². The maximum Gasteiger partial charge on any atom is 0.435 e. The van der Waals surface area contributed by atoms with Crippen LogP contribution in [0.5, 0.6) is 0 Å². The van der Waals surface area contributed by atoms with Crippen molar-refractivity contribution in [1.82, 2.24) is 15.1 Å². The zero-order valence-electron chi connectivity index (χ0n) is 8.01. The average molecular weight is 235 g/mol. The highest BCUT2D eigenvalue weighted by atomic mass is 19.4. The normalized spacial score (nSPS) is 15.9. The number of halogens is 3. The van der Waals surface area contributed by atoms with Gasteiger partial charge in [-0.1, -0.05) is 0 Å². The standard InChI is InChI=1S/C8H8F3N3O2/c9-8(10,11)6-4-1-2-12-7(16)5(4)14(3-15)13-6/h15H,1-3H2,(H,12,16). The molecule has 2 heterocycles. The maximum atomic E-state index is 12.6. The first kappa shape index (κ1) is 10.9. The Kier molecular flexibility index (Phi) is 2.38. The van der Waals surface area contributed by atoms with E-state index in [9.17, 15) is 18.0 Å². The zero-order valence-corrected chi connectivity index (χ0v) is 8.01. The lowest BCUT2D eigenvalue weighted by molar-refractivity contribution is -0.142. The SMILES string of the molecule is O=C1NCCc2c(C(F)(F)F)nn(CO)c21. The molecular weight excluding hydrogens is 227 g/mol. The summed E-state index contributed by atoms with van der Waals surface area (Å²) in [5.41, 5.74) is -1.45. The van der Waals surface area contributed by atoms with E-state index in [0.29, 0.717) is 4.68 Å². The second-order valence-corrected chi connectivity index (χ2v) is 3.32. The zero-order chi connectivity index (χ0) is 11.9. The molecule has 0 saturated heterocycles. The molecule has 0 saturated carbocycles. The number of amides is 1. The molecule has 8 heteroatoms. The summed E-state index contributed by atoms with van der Waals surface area (Å²) in [6.45, 7) is -0.613. The van der Waals surface area contributed by atoms with Gasteiger partial charge in [-0.3, -0.25) is 4.79 Å². The van der Waals surface area contributed by atoms with E-state index in [1.165, 1.54) is 0 Å². The quantitative estimate of drug-likeness (QED) is 0.727. The van der Waals surface area contributed by atoms with Crippen LogP contribution >= 0.6 is 0 Å². The predicted octanol–water partition coefficient (Wildman–Crippen LogP) is 0.138. The average Bonchev–Trinajstić information content (AvgIpc) is 2.57. The van der Waals surface area contributed by atoms with Crippen molar-refractivity contribution >= 4 is 5.91 Å². The molecule has 1 aliphatic rings. The lowest BCUT2D eigenvalue weighted by Gasteiger charge is -2.14. The Labute approximate surface area is 87.9 Å². The molecule has 0 fully saturated rings. The lowest BCUT2D eigenvalue weighted by Crippen LogP contribution is -2.34. The summed E-state index contributed by atoms with van der Waals surface area (Å²) in [7, 11) is 0. The summed E-state index contributed by atoms with van der Waals surface area (Å²) in [5.74, 6) is -0.640. The highest BCUT2D eigenvalue weighted by molar-refractivity contribution is 5.95. The molecule has 0 unspecified atom stereocenters. The van der Waals surface area contributed by atoms with E-state index in [2.05, 4.69) is 10.4 Å². The van der Waals surface area contributed by atoms with Crippen LogP contribution in [-0.4, -0.2) is 27.3 Å². The minimum absolute atomic E-state index is 0.0654. The number of aliphatic hydroxyl groups is 1.